The van der Waals surface area contributed by atoms with Crippen molar-refractivity contribution in [2.45, 2.75) is 19.8 Å². The lowest BCUT2D eigenvalue weighted by Gasteiger charge is -2.12. The van der Waals surface area contributed by atoms with Gasteiger partial charge in [0.25, 0.3) is 0 Å². The van der Waals surface area contributed by atoms with Crippen molar-refractivity contribution in [2.24, 2.45) is 0 Å². The Labute approximate surface area is 89.1 Å². The Balaban J connectivity index is 2.94. The summed E-state index contributed by atoms with van der Waals surface area (Å²) in [6.07, 6.45) is 0. The maximum atomic E-state index is 11.5. The van der Waals surface area contributed by atoms with Gasteiger partial charge in [0.05, 0.1) is 6.61 Å². The SMILES string of the molecule is CCOC(=O)[C@@H](C(C)=O)c1ccccc1. The van der Waals surface area contributed by atoms with E-state index in [9.17, 15) is 9.59 Å². The van der Waals surface area contributed by atoms with E-state index in [0.29, 0.717) is 5.56 Å². The van der Waals surface area contributed by atoms with E-state index < -0.39 is 11.9 Å². The summed E-state index contributed by atoms with van der Waals surface area (Å²) in [6.45, 7) is 3.41. The van der Waals surface area contributed by atoms with Gasteiger partial charge in [0.1, 0.15) is 11.7 Å². The Morgan fingerprint density at radius 2 is 1.87 bits per heavy atom. The van der Waals surface area contributed by atoms with Crippen LogP contribution < -0.4 is 0 Å². The normalized spacial score (nSPS) is 11.9. The van der Waals surface area contributed by atoms with Crippen molar-refractivity contribution < 1.29 is 14.3 Å². The number of Topliss-reactive ketones (excluding diaryl/α,β-unsaturated/α-hetero) is 1. The van der Waals surface area contributed by atoms with Crippen LogP contribution >= 0.6 is 0 Å². The Kier molecular flexibility index (Phi) is 4.03. The van der Waals surface area contributed by atoms with Gasteiger partial charge in [-0.3, -0.25) is 9.59 Å². The quantitative estimate of drug-likeness (QED) is 0.558. The van der Waals surface area contributed by atoms with E-state index >= 15 is 0 Å². The van der Waals surface area contributed by atoms with E-state index in [-0.39, 0.29) is 12.4 Å². The van der Waals surface area contributed by atoms with E-state index in [1.165, 1.54) is 6.92 Å². The van der Waals surface area contributed by atoms with Crippen LogP contribution in [0.15, 0.2) is 30.3 Å². The largest absolute Gasteiger partial charge is 0.465 e. The molecule has 0 heterocycles. The number of hydrogen-bond acceptors (Lipinski definition) is 3. The molecule has 0 aromatic heterocycles. The molecule has 3 nitrogen and oxygen atoms in total. The third-order valence-corrected chi connectivity index (χ3v) is 2.06. The van der Waals surface area contributed by atoms with Crippen LogP contribution in [0, 0.1) is 0 Å². The number of esters is 1. The average molecular weight is 206 g/mol. The molecular weight excluding hydrogens is 192 g/mol. The Morgan fingerprint density at radius 3 is 2.33 bits per heavy atom. The molecule has 0 saturated heterocycles. The van der Waals surface area contributed by atoms with E-state index in [0.717, 1.165) is 0 Å². The van der Waals surface area contributed by atoms with Gasteiger partial charge in [0, 0.05) is 0 Å². The van der Waals surface area contributed by atoms with E-state index in [1.807, 2.05) is 6.07 Å². The second kappa shape index (κ2) is 5.29. The standard InChI is InChI=1S/C12H14O3/c1-3-15-12(14)11(9(2)13)10-7-5-4-6-8-10/h4-8,11H,3H2,1-2H3/t11-/m0/s1. The number of hydrogen-bond donors (Lipinski definition) is 0. The fourth-order valence-corrected chi connectivity index (χ4v) is 1.41. The van der Waals surface area contributed by atoms with Crippen LogP contribution in [0.4, 0.5) is 0 Å². The molecule has 0 fully saturated rings. The molecule has 1 rings (SSSR count). The first-order valence-corrected chi connectivity index (χ1v) is 4.88. The van der Waals surface area contributed by atoms with Gasteiger partial charge in [-0.05, 0) is 19.4 Å². The first kappa shape index (κ1) is 11.4. The summed E-state index contributed by atoms with van der Waals surface area (Å²) < 4.78 is 4.86. The van der Waals surface area contributed by atoms with E-state index in [1.54, 1.807) is 31.2 Å². The minimum Gasteiger partial charge on any atom is -0.465 e. The molecule has 1 aromatic carbocycles. The molecule has 80 valence electrons. The molecule has 0 N–H and O–H groups in total. The fourth-order valence-electron chi connectivity index (χ4n) is 1.41. The number of carbonyl (C=O) groups excluding carboxylic acids is 2. The van der Waals surface area contributed by atoms with E-state index in [4.69, 9.17) is 4.74 Å². The highest BCUT2D eigenvalue weighted by molar-refractivity contribution is 6.03. The lowest BCUT2D eigenvalue weighted by atomic mass is 9.96. The van der Waals surface area contributed by atoms with Gasteiger partial charge in [-0.1, -0.05) is 30.3 Å². The molecule has 0 aliphatic rings. The van der Waals surface area contributed by atoms with Gasteiger partial charge >= 0.3 is 5.97 Å². The van der Waals surface area contributed by atoms with Crippen LogP contribution in [0.25, 0.3) is 0 Å². The molecular formula is C12H14O3. The van der Waals surface area contributed by atoms with Gasteiger partial charge in [0.15, 0.2) is 0 Å². The number of ketones is 1. The predicted octanol–water partition coefficient (Wildman–Crippen LogP) is 1.92. The number of benzene rings is 1. The van der Waals surface area contributed by atoms with Gasteiger partial charge < -0.3 is 4.74 Å². The summed E-state index contributed by atoms with van der Waals surface area (Å²) in [5.41, 5.74) is 0.684. The second-order valence-corrected chi connectivity index (χ2v) is 3.21. The molecule has 0 spiro atoms. The molecule has 0 bridgehead atoms. The maximum Gasteiger partial charge on any atom is 0.320 e. The average Bonchev–Trinajstić information content (AvgIpc) is 2.19. The zero-order valence-corrected chi connectivity index (χ0v) is 8.90. The smallest absolute Gasteiger partial charge is 0.320 e. The first-order valence-electron chi connectivity index (χ1n) is 4.88. The zero-order chi connectivity index (χ0) is 11.3. The van der Waals surface area contributed by atoms with Crippen molar-refractivity contribution in [1.29, 1.82) is 0 Å². The van der Waals surface area contributed by atoms with Crippen molar-refractivity contribution in [3.63, 3.8) is 0 Å². The lowest BCUT2D eigenvalue weighted by Crippen LogP contribution is -2.22. The van der Waals surface area contributed by atoms with Crippen molar-refractivity contribution in [1.82, 2.24) is 0 Å². The van der Waals surface area contributed by atoms with Crippen LogP contribution in [0.5, 0.6) is 0 Å². The van der Waals surface area contributed by atoms with Gasteiger partial charge in [0.2, 0.25) is 0 Å². The van der Waals surface area contributed by atoms with Gasteiger partial charge in [-0.25, -0.2) is 0 Å². The summed E-state index contributed by atoms with van der Waals surface area (Å²) >= 11 is 0. The highest BCUT2D eigenvalue weighted by Gasteiger charge is 2.26. The van der Waals surface area contributed by atoms with Crippen molar-refractivity contribution >= 4 is 11.8 Å². The van der Waals surface area contributed by atoms with Gasteiger partial charge in [-0.15, -0.1) is 0 Å². The monoisotopic (exact) mass is 206 g/mol. The number of carbonyl (C=O) groups is 2. The van der Waals surface area contributed by atoms with Crippen LogP contribution in [0.1, 0.15) is 25.3 Å². The summed E-state index contributed by atoms with van der Waals surface area (Å²) in [4.78, 5) is 22.9. The molecule has 1 atom stereocenters. The highest BCUT2D eigenvalue weighted by atomic mass is 16.5. The third kappa shape index (κ3) is 2.91. The molecule has 0 aliphatic carbocycles. The Bertz CT molecular complexity index is 343. The van der Waals surface area contributed by atoms with Crippen molar-refractivity contribution in [3.05, 3.63) is 35.9 Å². The molecule has 3 heteroatoms. The molecule has 0 radical (unpaired) electrons. The molecule has 0 saturated carbocycles. The molecule has 15 heavy (non-hydrogen) atoms. The van der Waals surface area contributed by atoms with Crippen LogP contribution in [-0.4, -0.2) is 18.4 Å². The zero-order valence-electron chi connectivity index (χ0n) is 8.90. The summed E-state index contributed by atoms with van der Waals surface area (Å²) in [5, 5.41) is 0. The van der Waals surface area contributed by atoms with Crippen LogP contribution in [-0.2, 0) is 14.3 Å². The fraction of sp³-hybridized carbons (Fsp3) is 0.333. The highest BCUT2D eigenvalue weighted by Crippen LogP contribution is 2.18. The Hall–Kier alpha value is -1.64. The van der Waals surface area contributed by atoms with Crippen molar-refractivity contribution in [2.75, 3.05) is 6.61 Å². The third-order valence-electron chi connectivity index (χ3n) is 2.06. The maximum absolute atomic E-state index is 11.5. The molecule has 0 unspecified atom stereocenters. The van der Waals surface area contributed by atoms with E-state index in [2.05, 4.69) is 0 Å². The van der Waals surface area contributed by atoms with Crippen LogP contribution in [0.3, 0.4) is 0 Å². The van der Waals surface area contributed by atoms with Crippen LogP contribution in [0.2, 0.25) is 0 Å². The minimum atomic E-state index is -0.786. The number of ether oxygens (including phenoxy) is 1. The molecule has 1 aromatic rings. The summed E-state index contributed by atoms with van der Waals surface area (Å²) in [5.74, 6) is -1.46. The lowest BCUT2D eigenvalue weighted by molar-refractivity contribution is -0.147. The summed E-state index contributed by atoms with van der Waals surface area (Å²) in [6, 6.07) is 8.94. The van der Waals surface area contributed by atoms with Crippen molar-refractivity contribution in [3.8, 4) is 0 Å². The second-order valence-electron chi connectivity index (χ2n) is 3.21. The number of rotatable bonds is 4. The molecule has 0 amide bonds. The first-order chi connectivity index (χ1) is 7.16. The van der Waals surface area contributed by atoms with Gasteiger partial charge in [-0.2, -0.15) is 0 Å². The molecule has 0 aliphatic heterocycles. The topological polar surface area (TPSA) is 43.4 Å². The minimum absolute atomic E-state index is 0.195. The Morgan fingerprint density at radius 1 is 1.27 bits per heavy atom. The summed E-state index contributed by atoms with van der Waals surface area (Å²) in [7, 11) is 0. The predicted molar refractivity (Wildman–Crippen MR) is 56.5 cm³/mol.